The van der Waals surface area contributed by atoms with E-state index in [4.69, 9.17) is 4.98 Å². The minimum Gasteiger partial charge on any atom is -0.366 e. The fourth-order valence-electron chi connectivity index (χ4n) is 2.77. The van der Waals surface area contributed by atoms with Crippen LogP contribution in [-0.2, 0) is 0 Å². The van der Waals surface area contributed by atoms with Gasteiger partial charge in [0.2, 0.25) is 0 Å². The first kappa shape index (κ1) is 12.3. The summed E-state index contributed by atoms with van der Waals surface area (Å²) in [7, 11) is 0. The first-order chi connectivity index (χ1) is 10.4. The van der Waals surface area contributed by atoms with Gasteiger partial charge in [0.05, 0.1) is 11.0 Å². The number of rotatable bonds is 3. The summed E-state index contributed by atoms with van der Waals surface area (Å²) in [6.45, 7) is 2.07. The van der Waals surface area contributed by atoms with Crippen LogP contribution in [0.4, 0.5) is 5.82 Å². The summed E-state index contributed by atoms with van der Waals surface area (Å²) in [5, 5.41) is 6.84. The Morgan fingerprint density at radius 1 is 1.14 bits per heavy atom. The molecular weight excluding hydrogens is 262 g/mol. The van der Waals surface area contributed by atoms with Crippen molar-refractivity contribution in [3.05, 3.63) is 48.8 Å². The topological polar surface area (TPSA) is 54.8 Å². The average Bonchev–Trinajstić information content (AvgIpc) is 3.16. The number of fused-ring (bicyclic) bond motifs is 1. The van der Waals surface area contributed by atoms with E-state index in [-0.39, 0.29) is 0 Å². The fourth-order valence-corrected chi connectivity index (χ4v) is 2.77. The summed E-state index contributed by atoms with van der Waals surface area (Å²) in [6.07, 6.45) is 2.97. The first-order valence-corrected chi connectivity index (χ1v) is 7.27. The Labute approximate surface area is 123 Å². The maximum Gasteiger partial charge on any atom is 0.140 e. The SMILES string of the molecule is c1cc(NC2CCNC2)nc(-n2cnc3ccccc32)c1. The van der Waals surface area contributed by atoms with E-state index in [1.165, 1.54) is 0 Å². The molecule has 1 unspecified atom stereocenters. The second-order valence-corrected chi connectivity index (χ2v) is 5.32. The van der Waals surface area contributed by atoms with Crippen LogP contribution in [0.5, 0.6) is 0 Å². The van der Waals surface area contributed by atoms with Gasteiger partial charge >= 0.3 is 0 Å². The lowest BCUT2D eigenvalue weighted by atomic mass is 10.2. The number of hydrogen-bond donors (Lipinski definition) is 2. The lowest BCUT2D eigenvalue weighted by Gasteiger charge is -2.13. The Kier molecular flexibility index (Phi) is 3.05. The van der Waals surface area contributed by atoms with E-state index in [1.807, 2.05) is 47.3 Å². The summed E-state index contributed by atoms with van der Waals surface area (Å²) < 4.78 is 2.02. The lowest BCUT2D eigenvalue weighted by Crippen LogP contribution is -2.22. The standard InChI is InChI=1S/C16H17N5/c1-2-5-14-13(4-1)18-11-21(14)16-7-3-6-15(20-16)19-12-8-9-17-10-12/h1-7,11-12,17H,8-10H2,(H,19,20). The molecule has 0 radical (unpaired) electrons. The molecule has 1 aromatic carbocycles. The van der Waals surface area contributed by atoms with Gasteiger partial charge in [0.25, 0.3) is 0 Å². The molecule has 1 atom stereocenters. The maximum atomic E-state index is 4.71. The molecule has 21 heavy (non-hydrogen) atoms. The fraction of sp³-hybridized carbons (Fsp3) is 0.250. The van der Waals surface area contributed by atoms with Gasteiger partial charge in [0.15, 0.2) is 0 Å². The number of hydrogen-bond acceptors (Lipinski definition) is 4. The van der Waals surface area contributed by atoms with Crippen LogP contribution in [0.25, 0.3) is 16.9 Å². The molecule has 5 nitrogen and oxygen atoms in total. The van der Waals surface area contributed by atoms with Crippen molar-refractivity contribution < 1.29 is 0 Å². The van der Waals surface area contributed by atoms with Gasteiger partial charge in [-0.25, -0.2) is 9.97 Å². The van der Waals surface area contributed by atoms with Crippen molar-refractivity contribution in [1.29, 1.82) is 0 Å². The molecule has 106 valence electrons. The summed E-state index contributed by atoms with van der Waals surface area (Å²) in [6, 6.07) is 14.6. The van der Waals surface area contributed by atoms with Crippen molar-refractivity contribution in [1.82, 2.24) is 19.9 Å². The molecule has 2 N–H and O–H groups in total. The van der Waals surface area contributed by atoms with Gasteiger partial charge in [-0.15, -0.1) is 0 Å². The number of aromatic nitrogens is 3. The molecule has 2 aromatic heterocycles. The average molecular weight is 279 g/mol. The van der Waals surface area contributed by atoms with Crippen LogP contribution in [0.2, 0.25) is 0 Å². The van der Waals surface area contributed by atoms with Crippen LogP contribution in [0.3, 0.4) is 0 Å². The van der Waals surface area contributed by atoms with Gasteiger partial charge < -0.3 is 10.6 Å². The molecule has 3 aromatic rings. The van der Waals surface area contributed by atoms with Gasteiger partial charge in [-0.05, 0) is 37.2 Å². The highest BCUT2D eigenvalue weighted by molar-refractivity contribution is 5.76. The third-order valence-corrected chi connectivity index (χ3v) is 3.85. The minimum absolute atomic E-state index is 0.465. The monoisotopic (exact) mass is 279 g/mol. The smallest absolute Gasteiger partial charge is 0.140 e. The molecule has 4 rings (SSSR count). The molecule has 0 bridgehead atoms. The Morgan fingerprint density at radius 2 is 2.10 bits per heavy atom. The number of nitrogens with zero attached hydrogens (tertiary/aromatic N) is 3. The van der Waals surface area contributed by atoms with E-state index in [0.29, 0.717) is 6.04 Å². The van der Waals surface area contributed by atoms with Crippen LogP contribution >= 0.6 is 0 Å². The second-order valence-electron chi connectivity index (χ2n) is 5.32. The molecule has 3 heterocycles. The van der Waals surface area contributed by atoms with Crippen molar-refractivity contribution in [3.63, 3.8) is 0 Å². The molecule has 1 fully saturated rings. The second kappa shape index (κ2) is 5.18. The normalized spacial score (nSPS) is 18.2. The van der Waals surface area contributed by atoms with E-state index < -0.39 is 0 Å². The first-order valence-electron chi connectivity index (χ1n) is 7.27. The number of imidazole rings is 1. The number of benzene rings is 1. The molecule has 1 aliphatic heterocycles. The van der Waals surface area contributed by atoms with Crippen molar-refractivity contribution in [2.45, 2.75) is 12.5 Å². The highest BCUT2D eigenvalue weighted by Gasteiger charge is 2.14. The Balaban J connectivity index is 1.68. The zero-order valence-corrected chi connectivity index (χ0v) is 11.7. The summed E-state index contributed by atoms with van der Waals surface area (Å²) >= 11 is 0. The molecule has 0 spiro atoms. The minimum atomic E-state index is 0.465. The summed E-state index contributed by atoms with van der Waals surface area (Å²) in [5.41, 5.74) is 2.06. The molecule has 5 heteroatoms. The van der Waals surface area contributed by atoms with E-state index >= 15 is 0 Å². The van der Waals surface area contributed by atoms with Gasteiger partial charge in [-0.2, -0.15) is 0 Å². The van der Waals surface area contributed by atoms with Crippen LogP contribution in [0, 0.1) is 0 Å². The highest BCUT2D eigenvalue weighted by Crippen LogP contribution is 2.18. The number of para-hydroxylation sites is 2. The molecule has 0 aliphatic carbocycles. The van der Waals surface area contributed by atoms with E-state index in [1.54, 1.807) is 0 Å². The summed E-state index contributed by atoms with van der Waals surface area (Å²) in [4.78, 5) is 9.13. The Hall–Kier alpha value is -2.40. The Bertz CT molecular complexity index is 758. The quantitative estimate of drug-likeness (QED) is 0.771. The van der Waals surface area contributed by atoms with E-state index in [9.17, 15) is 0 Å². The van der Waals surface area contributed by atoms with E-state index in [0.717, 1.165) is 42.2 Å². The zero-order valence-electron chi connectivity index (χ0n) is 11.7. The zero-order chi connectivity index (χ0) is 14.1. The van der Waals surface area contributed by atoms with Crippen LogP contribution < -0.4 is 10.6 Å². The van der Waals surface area contributed by atoms with E-state index in [2.05, 4.69) is 21.7 Å². The predicted molar refractivity (Wildman–Crippen MR) is 83.8 cm³/mol. The van der Waals surface area contributed by atoms with Gasteiger partial charge in [0, 0.05) is 12.6 Å². The molecule has 1 aliphatic rings. The molecule has 0 amide bonds. The van der Waals surface area contributed by atoms with Crippen LogP contribution in [0.15, 0.2) is 48.8 Å². The van der Waals surface area contributed by atoms with Crippen LogP contribution in [-0.4, -0.2) is 33.7 Å². The third kappa shape index (κ3) is 2.36. The molecule has 0 saturated carbocycles. The van der Waals surface area contributed by atoms with Crippen LogP contribution in [0.1, 0.15) is 6.42 Å². The largest absolute Gasteiger partial charge is 0.366 e. The maximum absolute atomic E-state index is 4.71. The highest BCUT2D eigenvalue weighted by atomic mass is 15.1. The van der Waals surface area contributed by atoms with Gasteiger partial charge in [-0.1, -0.05) is 18.2 Å². The number of anilines is 1. The van der Waals surface area contributed by atoms with Crippen molar-refractivity contribution in [3.8, 4) is 5.82 Å². The third-order valence-electron chi connectivity index (χ3n) is 3.85. The Morgan fingerprint density at radius 3 is 3.00 bits per heavy atom. The predicted octanol–water partition coefficient (Wildman–Crippen LogP) is 2.19. The van der Waals surface area contributed by atoms with Gasteiger partial charge in [0.1, 0.15) is 18.0 Å². The molecule has 1 saturated heterocycles. The van der Waals surface area contributed by atoms with Gasteiger partial charge in [-0.3, -0.25) is 4.57 Å². The lowest BCUT2D eigenvalue weighted by molar-refractivity contribution is 0.786. The number of pyridine rings is 1. The van der Waals surface area contributed by atoms with Crippen molar-refractivity contribution >= 4 is 16.9 Å². The molecular formula is C16H17N5. The number of nitrogens with one attached hydrogen (secondary N) is 2. The summed E-state index contributed by atoms with van der Waals surface area (Å²) in [5.74, 6) is 1.80. The van der Waals surface area contributed by atoms with Crippen molar-refractivity contribution in [2.24, 2.45) is 0 Å². The van der Waals surface area contributed by atoms with Crippen molar-refractivity contribution in [2.75, 3.05) is 18.4 Å².